The van der Waals surface area contributed by atoms with E-state index in [-0.39, 0.29) is 0 Å². The predicted molar refractivity (Wildman–Crippen MR) is 64.1 cm³/mol. The Labute approximate surface area is 91.7 Å². The second-order valence-electron chi connectivity index (χ2n) is 3.46. The molecule has 0 atom stereocenters. The molecule has 0 saturated heterocycles. The van der Waals surface area contributed by atoms with Crippen molar-refractivity contribution in [3.8, 4) is 5.75 Å². The van der Waals surface area contributed by atoms with Crippen molar-refractivity contribution in [2.75, 3.05) is 13.2 Å². The Balaban J connectivity index is 2.32. The molecular formula is C13H19NO. The molecule has 0 amide bonds. The summed E-state index contributed by atoms with van der Waals surface area (Å²) in [6.07, 6.45) is 4.86. The molecule has 15 heavy (non-hydrogen) atoms. The van der Waals surface area contributed by atoms with Gasteiger partial charge in [-0.15, -0.1) is 6.58 Å². The molecule has 1 rings (SSSR count). The molecule has 0 unspecified atom stereocenters. The average Bonchev–Trinajstić information content (AvgIpc) is 2.27. The summed E-state index contributed by atoms with van der Waals surface area (Å²) in [5, 5.41) is 0. The van der Waals surface area contributed by atoms with Crippen molar-refractivity contribution in [1.29, 1.82) is 0 Å². The third kappa shape index (κ3) is 4.66. The Morgan fingerprint density at radius 1 is 1.27 bits per heavy atom. The molecule has 0 radical (unpaired) electrons. The van der Waals surface area contributed by atoms with Crippen LogP contribution in [-0.4, -0.2) is 13.2 Å². The highest BCUT2D eigenvalue weighted by atomic mass is 16.5. The Morgan fingerprint density at radius 3 is 2.60 bits per heavy atom. The number of benzene rings is 1. The molecule has 0 saturated carbocycles. The van der Waals surface area contributed by atoms with E-state index in [4.69, 9.17) is 10.5 Å². The van der Waals surface area contributed by atoms with Crippen LogP contribution in [0.15, 0.2) is 36.9 Å². The van der Waals surface area contributed by atoms with Crippen molar-refractivity contribution in [3.63, 3.8) is 0 Å². The first kappa shape index (κ1) is 11.8. The van der Waals surface area contributed by atoms with Crippen molar-refractivity contribution < 1.29 is 4.74 Å². The van der Waals surface area contributed by atoms with E-state index in [1.54, 1.807) is 0 Å². The third-order valence-electron chi connectivity index (χ3n) is 2.18. The molecule has 0 aliphatic heterocycles. The van der Waals surface area contributed by atoms with E-state index in [0.29, 0.717) is 6.54 Å². The van der Waals surface area contributed by atoms with Crippen LogP contribution in [-0.2, 0) is 6.42 Å². The Hall–Kier alpha value is -1.28. The predicted octanol–water partition coefficient (Wildman–Crippen LogP) is 2.53. The van der Waals surface area contributed by atoms with E-state index < -0.39 is 0 Å². The molecule has 2 nitrogen and oxygen atoms in total. The van der Waals surface area contributed by atoms with E-state index in [1.165, 1.54) is 5.56 Å². The highest BCUT2D eigenvalue weighted by Gasteiger charge is 1.94. The number of ether oxygens (including phenoxy) is 1. The van der Waals surface area contributed by atoms with E-state index in [0.717, 1.165) is 31.6 Å². The molecule has 1 aromatic rings. The number of unbranched alkanes of at least 4 members (excludes halogenated alkanes) is 1. The van der Waals surface area contributed by atoms with Gasteiger partial charge in [0.1, 0.15) is 5.75 Å². The van der Waals surface area contributed by atoms with E-state index in [9.17, 15) is 0 Å². The summed E-state index contributed by atoms with van der Waals surface area (Å²) >= 11 is 0. The van der Waals surface area contributed by atoms with E-state index in [2.05, 4.69) is 18.7 Å². The summed E-state index contributed by atoms with van der Waals surface area (Å²) in [6.45, 7) is 5.12. The minimum absolute atomic E-state index is 0.694. The Morgan fingerprint density at radius 2 is 2.00 bits per heavy atom. The van der Waals surface area contributed by atoms with Gasteiger partial charge < -0.3 is 10.5 Å². The van der Waals surface area contributed by atoms with Gasteiger partial charge in [0.2, 0.25) is 0 Å². The van der Waals surface area contributed by atoms with Crippen LogP contribution in [0.4, 0.5) is 0 Å². The van der Waals surface area contributed by atoms with Crippen molar-refractivity contribution >= 4 is 0 Å². The van der Waals surface area contributed by atoms with Gasteiger partial charge in [-0.25, -0.2) is 0 Å². The van der Waals surface area contributed by atoms with Crippen molar-refractivity contribution in [2.24, 2.45) is 5.73 Å². The summed E-state index contributed by atoms with van der Waals surface area (Å²) in [7, 11) is 0. The van der Waals surface area contributed by atoms with Crippen molar-refractivity contribution in [3.05, 3.63) is 42.5 Å². The maximum absolute atomic E-state index is 5.56. The van der Waals surface area contributed by atoms with Gasteiger partial charge in [-0.2, -0.15) is 0 Å². The molecule has 82 valence electrons. The zero-order valence-electron chi connectivity index (χ0n) is 9.11. The Bertz CT molecular complexity index is 279. The summed E-state index contributed by atoms with van der Waals surface area (Å²) in [5.41, 5.74) is 6.73. The quantitative estimate of drug-likeness (QED) is 0.548. The maximum atomic E-state index is 5.56. The summed E-state index contributed by atoms with van der Waals surface area (Å²) in [4.78, 5) is 0. The van der Waals surface area contributed by atoms with Crippen LogP contribution in [0.2, 0.25) is 0 Å². The van der Waals surface area contributed by atoms with Gasteiger partial charge in [0.05, 0.1) is 6.61 Å². The summed E-state index contributed by atoms with van der Waals surface area (Å²) in [5.74, 6) is 0.930. The molecule has 0 spiro atoms. The van der Waals surface area contributed by atoms with Gasteiger partial charge in [0.25, 0.3) is 0 Å². The molecule has 2 N–H and O–H groups in total. The second-order valence-corrected chi connectivity index (χ2v) is 3.46. The molecule has 0 aliphatic rings. The van der Waals surface area contributed by atoms with Gasteiger partial charge in [-0.3, -0.25) is 0 Å². The van der Waals surface area contributed by atoms with E-state index >= 15 is 0 Å². The lowest BCUT2D eigenvalue weighted by atomic mass is 10.1. The van der Waals surface area contributed by atoms with Crippen LogP contribution in [0, 0.1) is 0 Å². The van der Waals surface area contributed by atoms with Gasteiger partial charge in [-0.1, -0.05) is 18.2 Å². The third-order valence-corrected chi connectivity index (χ3v) is 2.18. The van der Waals surface area contributed by atoms with Crippen LogP contribution in [0.3, 0.4) is 0 Å². The summed E-state index contributed by atoms with van der Waals surface area (Å²) in [6, 6.07) is 8.13. The fourth-order valence-electron chi connectivity index (χ4n) is 1.34. The van der Waals surface area contributed by atoms with Gasteiger partial charge in [0.15, 0.2) is 0 Å². The largest absolute Gasteiger partial charge is 0.494 e. The lowest BCUT2D eigenvalue weighted by Gasteiger charge is -2.05. The standard InChI is InChI=1S/C13H19NO/c1-2-3-4-11-15-13-7-5-12(6-8-13)9-10-14/h2,5-8H,1,3-4,9-11,14H2. The van der Waals surface area contributed by atoms with Gasteiger partial charge in [0, 0.05) is 0 Å². The van der Waals surface area contributed by atoms with E-state index in [1.807, 2.05) is 18.2 Å². The first-order valence-corrected chi connectivity index (χ1v) is 5.39. The average molecular weight is 205 g/mol. The van der Waals surface area contributed by atoms with Crippen LogP contribution in [0.5, 0.6) is 5.75 Å². The fraction of sp³-hybridized carbons (Fsp3) is 0.385. The molecule has 1 aromatic carbocycles. The van der Waals surface area contributed by atoms with Crippen molar-refractivity contribution in [1.82, 2.24) is 0 Å². The first-order valence-electron chi connectivity index (χ1n) is 5.39. The number of hydrogen-bond acceptors (Lipinski definition) is 2. The fourth-order valence-corrected chi connectivity index (χ4v) is 1.34. The molecule has 0 heterocycles. The highest BCUT2D eigenvalue weighted by molar-refractivity contribution is 5.27. The van der Waals surface area contributed by atoms with Crippen LogP contribution in [0.1, 0.15) is 18.4 Å². The Kier molecular flexibility index (Phi) is 5.56. The van der Waals surface area contributed by atoms with Crippen LogP contribution >= 0.6 is 0 Å². The zero-order valence-corrected chi connectivity index (χ0v) is 9.11. The zero-order chi connectivity index (χ0) is 10.9. The highest BCUT2D eigenvalue weighted by Crippen LogP contribution is 2.12. The smallest absolute Gasteiger partial charge is 0.119 e. The molecule has 0 fully saturated rings. The minimum Gasteiger partial charge on any atom is -0.494 e. The number of rotatable bonds is 7. The van der Waals surface area contributed by atoms with Crippen LogP contribution < -0.4 is 10.5 Å². The maximum Gasteiger partial charge on any atom is 0.119 e. The van der Waals surface area contributed by atoms with Crippen molar-refractivity contribution in [2.45, 2.75) is 19.3 Å². The minimum atomic E-state index is 0.694. The topological polar surface area (TPSA) is 35.2 Å². The molecule has 0 bridgehead atoms. The first-order chi connectivity index (χ1) is 7.36. The SMILES string of the molecule is C=CCCCOc1ccc(CCN)cc1. The monoisotopic (exact) mass is 205 g/mol. The molecule has 0 aromatic heterocycles. The van der Waals surface area contributed by atoms with Crippen LogP contribution in [0.25, 0.3) is 0 Å². The normalized spacial score (nSPS) is 9.93. The van der Waals surface area contributed by atoms with Gasteiger partial charge in [-0.05, 0) is 43.5 Å². The van der Waals surface area contributed by atoms with Gasteiger partial charge >= 0.3 is 0 Å². The summed E-state index contributed by atoms with van der Waals surface area (Å²) < 4.78 is 5.56. The lowest BCUT2D eigenvalue weighted by molar-refractivity contribution is 0.312. The lowest BCUT2D eigenvalue weighted by Crippen LogP contribution is -2.02. The number of allylic oxidation sites excluding steroid dienone is 1. The molecular weight excluding hydrogens is 186 g/mol. The number of hydrogen-bond donors (Lipinski definition) is 1. The number of nitrogens with two attached hydrogens (primary N) is 1. The molecule has 2 heteroatoms. The second kappa shape index (κ2) is 7.07. The molecule has 0 aliphatic carbocycles.